The number of nitrogens with zero attached hydrogens (tertiary/aromatic N) is 2. The van der Waals surface area contributed by atoms with Crippen LogP contribution in [0, 0.1) is 13.8 Å². The summed E-state index contributed by atoms with van der Waals surface area (Å²) in [6.45, 7) is 4.08. The monoisotopic (exact) mass is 347 g/mol. The Labute approximate surface area is 152 Å². The number of benzene rings is 2. The van der Waals surface area contributed by atoms with Gasteiger partial charge >= 0.3 is 0 Å². The van der Waals surface area contributed by atoms with Gasteiger partial charge in [0.1, 0.15) is 5.75 Å². The SMILES string of the molecule is COc1cccc(C(=O)N/N=C\c2cc(C)n(-c3ccccc3)c2C)c1. The van der Waals surface area contributed by atoms with Gasteiger partial charge in [0.2, 0.25) is 0 Å². The van der Waals surface area contributed by atoms with E-state index in [4.69, 9.17) is 4.74 Å². The van der Waals surface area contributed by atoms with Gasteiger partial charge < -0.3 is 9.30 Å². The zero-order valence-corrected chi connectivity index (χ0v) is 15.1. The van der Waals surface area contributed by atoms with Crippen molar-refractivity contribution < 1.29 is 9.53 Å². The Hall–Kier alpha value is -3.34. The molecule has 0 aliphatic rings. The molecule has 0 spiro atoms. The first-order valence-corrected chi connectivity index (χ1v) is 8.32. The number of hydrogen-bond acceptors (Lipinski definition) is 3. The second kappa shape index (κ2) is 7.70. The lowest BCUT2D eigenvalue weighted by Crippen LogP contribution is -2.17. The van der Waals surface area contributed by atoms with Crippen molar-refractivity contribution in [2.24, 2.45) is 5.10 Å². The van der Waals surface area contributed by atoms with E-state index in [0.29, 0.717) is 11.3 Å². The number of hydrogen-bond donors (Lipinski definition) is 1. The first kappa shape index (κ1) is 17.5. The molecular formula is C21H21N3O2. The highest BCUT2D eigenvalue weighted by atomic mass is 16.5. The quantitative estimate of drug-likeness (QED) is 0.563. The highest BCUT2D eigenvalue weighted by molar-refractivity contribution is 5.95. The maximum absolute atomic E-state index is 12.2. The predicted molar refractivity (Wildman–Crippen MR) is 103 cm³/mol. The molecule has 1 aromatic heterocycles. The summed E-state index contributed by atoms with van der Waals surface area (Å²) >= 11 is 0. The normalized spacial score (nSPS) is 10.9. The van der Waals surface area contributed by atoms with Gasteiger partial charge in [-0.1, -0.05) is 24.3 Å². The molecule has 5 nitrogen and oxygen atoms in total. The largest absolute Gasteiger partial charge is 0.497 e. The van der Waals surface area contributed by atoms with Crippen molar-refractivity contribution in [1.29, 1.82) is 0 Å². The number of aromatic nitrogens is 1. The number of carbonyl (C=O) groups is 1. The number of nitrogens with one attached hydrogen (secondary N) is 1. The van der Waals surface area contributed by atoms with Gasteiger partial charge in [-0.25, -0.2) is 5.43 Å². The van der Waals surface area contributed by atoms with Crippen molar-refractivity contribution in [2.75, 3.05) is 7.11 Å². The van der Waals surface area contributed by atoms with E-state index >= 15 is 0 Å². The Kier molecular flexibility index (Phi) is 5.17. The lowest BCUT2D eigenvalue weighted by atomic mass is 10.2. The standard InChI is InChI=1S/C21H21N3O2/c1-15-12-18(16(2)24(15)19-9-5-4-6-10-19)14-22-23-21(25)17-8-7-11-20(13-17)26-3/h4-14H,1-3H3,(H,23,25)/b22-14-. The molecule has 5 heteroatoms. The van der Waals surface area contributed by atoms with Gasteiger partial charge in [-0.3, -0.25) is 4.79 Å². The van der Waals surface area contributed by atoms with Crippen molar-refractivity contribution >= 4 is 12.1 Å². The molecule has 1 amide bonds. The van der Waals surface area contributed by atoms with E-state index in [9.17, 15) is 4.79 Å². The van der Waals surface area contributed by atoms with Crippen LogP contribution in [0.4, 0.5) is 0 Å². The number of ether oxygens (including phenoxy) is 1. The molecule has 0 unspecified atom stereocenters. The lowest BCUT2D eigenvalue weighted by Gasteiger charge is -2.09. The molecule has 26 heavy (non-hydrogen) atoms. The molecule has 0 fully saturated rings. The predicted octanol–water partition coefficient (Wildman–Crippen LogP) is 3.87. The molecule has 0 saturated heterocycles. The summed E-state index contributed by atoms with van der Waals surface area (Å²) in [5.74, 6) is 0.352. The minimum atomic E-state index is -0.281. The Balaban J connectivity index is 1.76. The fourth-order valence-corrected chi connectivity index (χ4v) is 2.88. The zero-order valence-electron chi connectivity index (χ0n) is 15.1. The third kappa shape index (κ3) is 3.67. The first-order chi connectivity index (χ1) is 12.6. The zero-order chi connectivity index (χ0) is 18.5. The van der Waals surface area contributed by atoms with Gasteiger partial charge in [0.15, 0.2) is 0 Å². The summed E-state index contributed by atoms with van der Waals surface area (Å²) in [6, 6.07) is 19.1. The average Bonchev–Trinajstić information content (AvgIpc) is 2.96. The van der Waals surface area contributed by atoms with E-state index in [1.165, 1.54) is 0 Å². The Bertz CT molecular complexity index is 943. The van der Waals surface area contributed by atoms with Crippen molar-refractivity contribution in [1.82, 2.24) is 9.99 Å². The number of hydrazone groups is 1. The van der Waals surface area contributed by atoms with Gasteiger partial charge in [0.05, 0.1) is 13.3 Å². The second-order valence-corrected chi connectivity index (χ2v) is 5.93. The minimum Gasteiger partial charge on any atom is -0.497 e. The van der Waals surface area contributed by atoms with Crippen molar-refractivity contribution in [3.8, 4) is 11.4 Å². The number of rotatable bonds is 5. The van der Waals surface area contributed by atoms with Gasteiger partial charge in [-0.2, -0.15) is 5.10 Å². The molecule has 3 aromatic rings. The van der Waals surface area contributed by atoms with Crippen molar-refractivity contribution in [2.45, 2.75) is 13.8 Å². The highest BCUT2D eigenvalue weighted by Crippen LogP contribution is 2.19. The summed E-state index contributed by atoms with van der Waals surface area (Å²) in [5.41, 5.74) is 7.28. The molecular weight excluding hydrogens is 326 g/mol. The topological polar surface area (TPSA) is 55.6 Å². The van der Waals surface area contributed by atoms with E-state index in [1.54, 1.807) is 37.6 Å². The summed E-state index contributed by atoms with van der Waals surface area (Å²) in [5, 5.41) is 4.10. The van der Waals surface area contributed by atoms with Crippen LogP contribution in [-0.2, 0) is 0 Å². The fourth-order valence-electron chi connectivity index (χ4n) is 2.88. The minimum absolute atomic E-state index is 0.281. The lowest BCUT2D eigenvalue weighted by molar-refractivity contribution is 0.0955. The molecule has 3 rings (SSSR count). The number of para-hydroxylation sites is 1. The maximum atomic E-state index is 12.2. The van der Waals surface area contributed by atoms with E-state index in [1.807, 2.05) is 38.1 Å². The van der Waals surface area contributed by atoms with Crippen molar-refractivity contribution in [3.63, 3.8) is 0 Å². The summed E-state index contributed by atoms with van der Waals surface area (Å²) in [7, 11) is 1.57. The van der Waals surface area contributed by atoms with Crippen LogP contribution in [0.25, 0.3) is 5.69 Å². The van der Waals surface area contributed by atoms with Gasteiger partial charge in [-0.15, -0.1) is 0 Å². The molecule has 0 bridgehead atoms. The highest BCUT2D eigenvalue weighted by Gasteiger charge is 2.09. The van der Waals surface area contributed by atoms with E-state index in [-0.39, 0.29) is 5.91 Å². The number of aryl methyl sites for hydroxylation is 1. The van der Waals surface area contributed by atoms with Crippen LogP contribution in [-0.4, -0.2) is 23.8 Å². The number of amides is 1. The van der Waals surface area contributed by atoms with Crippen LogP contribution in [0.3, 0.4) is 0 Å². The Morgan fingerprint density at radius 3 is 2.58 bits per heavy atom. The van der Waals surface area contributed by atoms with Crippen LogP contribution >= 0.6 is 0 Å². The number of methoxy groups -OCH3 is 1. The van der Waals surface area contributed by atoms with Crippen LogP contribution in [0.1, 0.15) is 27.3 Å². The van der Waals surface area contributed by atoms with E-state index < -0.39 is 0 Å². The van der Waals surface area contributed by atoms with Crippen molar-refractivity contribution in [3.05, 3.63) is 83.2 Å². The molecule has 0 aliphatic heterocycles. The number of carbonyl (C=O) groups excluding carboxylic acids is 1. The van der Waals surface area contributed by atoms with Gasteiger partial charge in [-0.05, 0) is 50.2 Å². The molecule has 1 heterocycles. The third-order valence-electron chi connectivity index (χ3n) is 4.19. The Morgan fingerprint density at radius 1 is 1.08 bits per heavy atom. The molecule has 0 atom stereocenters. The van der Waals surface area contributed by atoms with Crippen LogP contribution in [0.5, 0.6) is 5.75 Å². The van der Waals surface area contributed by atoms with E-state index in [2.05, 4.69) is 27.2 Å². The molecule has 0 aliphatic carbocycles. The maximum Gasteiger partial charge on any atom is 0.271 e. The van der Waals surface area contributed by atoms with E-state index in [0.717, 1.165) is 22.6 Å². The van der Waals surface area contributed by atoms with Crippen LogP contribution in [0.2, 0.25) is 0 Å². The smallest absolute Gasteiger partial charge is 0.271 e. The molecule has 132 valence electrons. The summed E-state index contributed by atoms with van der Waals surface area (Å²) in [6.07, 6.45) is 1.67. The molecule has 0 radical (unpaired) electrons. The van der Waals surface area contributed by atoms with Gasteiger partial charge in [0, 0.05) is 28.2 Å². The Morgan fingerprint density at radius 2 is 1.85 bits per heavy atom. The molecule has 1 N–H and O–H groups in total. The second-order valence-electron chi connectivity index (χ2n) is 5.93. The third-order valence-corrected chi connectivity index (χ3v) is 4.19. The fraction of sp³-hybridized carbons (Fsp3) is 0.143. The summed E-state index contributed by atoms with van der Waals surface area (Å²) < 4.78 is 7.29. The van der Waals surface area contributed by atoms with Crippen LogP contribution in [0.15, 0.2) is 65.8 Å². The van der Waals surface area contributed by atoms with Crippen LogP contribution < -0.4 is 10.2 Å². The summed E-state index contributed by atoms with van der Waals surface area (Å²) in [4.78, 5) is 12.2. The molecule has 2 aromatic carbocycles. The van der Waals surface area contributed by atoms with Gasteiger partial charge in [0.25, 0.3) is 5.91 Å². The first-order valence-electron chi connectivity index (χ1n) is 8.32. The average molecular weight is 347 g/mol. The molecule has 0 saturated carbocycles.